The zero-order valence-corrected chi connectivity index (χ0v) is 28.4. The second-order valence-electron chi connectivity index (χ2n) is 13.7. The standard InChI is InChI=1S/C48H32N4/c1-3-13-31(14-4-1)32-23-25-33(26-24-32)45-39-21-11-12-22-42(39)49-48(50-45)52-46-40-29-30-51(34-15-5-2-6-16-34)43(40)28-27-41(46)44-37-19-9-7-17-35(37)36-18-8-10-20-38(36)47(44)52/h1-5,7-15,17-30H,6,16H2. The SMILES string of the molecule is C1=CCCC(n2ccc3c2ccc2c4c5ccccc5c5ccccc5c4n(-c4nc(-c5ccc(-c6ccccc6)cc5)c5ccccc5n4)c23)=C1. The fraction of sp³-hybridized carbons (Fsp3) is 0.0417. The smallest absolute Gasteiger partial charge is 0.235 e. The number of hydrogen-bond donors (Lipinski definition) is 0. The van der Waals surface area contributed by atoms with Gasteiger partial charge in [-0.05, 0) is 64.4 Å². The number of fused-ring (bicyclic) bond motifs is 11. The minimum Gasteiger partial charge on any atom is -0.320 e. The molecule has 0 amide bonds. The van der Waals surface area contributed by atoms with Crippen molar-refractivity contribution in [2.24, 2.45) is 0 Å². The molecule has 3 heterocycles. The van der Waals surface area contributed by atoms with Crippen LogP contribution in [0, 0.1) is 0 Å². The molecule has 0 saturated carbocycles. The number of aromatic nitrogens is 4. The number of rotatable bonds is 4. The molecule has 0 aliphatic heterocycles. The van der Waals surface area contributed by atoms with E-state index >= 15 is 0 Å². The van der Waals surface area contributed by atoms with Crippen LogP contribution in [0.2, 0.25) is 0 Å². The monoisotopic (exact) mass is 664 g/mol. The average Bonchev–Trinajstić information content (AvgIpc) is 3.82. The predicted octanol–water partition coefficient (Wildman–Crippen LogP) is 12.5. The van der Waals surface area contributed by atoms with Crippen molar-refractivity contribution in [2.45, 2.75) is 12.8 Å². The minimum atomic E-state index is 0.668. The van der Waals surface area contributed by atoms with Gasteiger partial charge in [-0.25, -0.2) is 9.97 Å². The average molecular weight is 665 g/mol. The Morgan fingerprint density at radius 2 is 1.15 bits per heavy atom. The van der Waals surface area contributed by atoms with Crippen molar-refractivity contribution in [2.75, 3.05) is 0 Å². The first-order valence-corrected chi connectivity index (χ1v) is 18.0. The van der Waals surface area contributed by atoms with Gasteiger partial charge in [0.25, 0.3) is 0 Å². The van der Waals surface area contributed by atoms with Crippen LogP contribution >= 0.6 is 0 Å². The second kappa shape index (κ2) is 11.4. The van der Waals surface area contributed by atoms with E-state index in [1.165, 1.54) is 60.0 Å². The Kier molecular flexibility index (Phi) is 6.34. The van der Waals surface area contributed by atoms with Crippen molar-refractivity contribution in [3.8, 4) is 28.3 Å². The van der Waals surface area contributed by atoms with Gasteiger partial charge in [0.15, 0.2) is 0 Å². The van der Waals surface area contributed by atoms with Crippen molar-refractivity contribution in [3.05, 3.63) is 170 Å². The molecule has 4 nitrogen and oxygen atoms in total. The van der Waals surface area contributed by atoms with Crippen LogP contribution in [0.3, 0.4) is 0 Å². The van der Waals surface area contributed by atoms with E-state index in [1.807, 2.05) is 0 Å². The Bertz CT molecular complexity index is 3100. The van der Waals surface area contributed by atoms with Gasteiger partial charge < -0.3 is 4.57 Å². The molecule has 11 rings (SSSR count). The highest BCUT2D eigenvalue weighted by atomic mass is 15.2. The molecule has 1 aliphatic rings. The molecule has 0 bridgehead atoms. The fourth-order valence-electron chi connectivity index (χ4n) is 8.46. The molecular weight excluding hydrogens is 633 g/mol. The molecule has 0 atom stereocenters. The first kappa shape index (κ1) is 29.0. The van der Waals surface area contributed by atoms with E-state index in [0.29, 0.717) is 5.95 Å². The molecule has 0 radical (unpaired) electrons. The molecule has 0 N–H and O–H groups in total. The van der Waals surface area contributed by atoms with Crippen LogP contribution in [0.15, 0.2) is 170 Å². The van der Waals surface area contributed by atoms with Crippen LogP contribution in [0.4, 0.5) is 0 Å². The molecule has 4 heteroatoms. The van der Waals surface area contributed by atoms with E-state index < -0.39 is 0 Å². The van der Waals surface area contributed by atoms with E-state index in [1.54, 1.807) is 0 Å². The first-order valence-electron chi connectivity index (χ1n) is 18.0. The largest absolute Gasteiger partial charge is 0.320 e. The van der Waals surface area contributed by atoms with Crippen molar-refractivity contribution in [1.29, 1.82) is 0 Å². The number of nitrogens with zero attached hydrogens (tertiary/aromatic N) is 4. The van der Waals surface area contributed by atoms with Crippen molar-refractivity contribution < 1.29 is 0 Å². The van der Waals surface area contributed by atoms with Gasteiger partial charge in [-0.3, -0.25) is 4.57 Å². The predicted molar refractivity (Wildman–Crippen MR) is 218 cm³/mol. The van der Waals surface area contributed by atoms with Crippen LogP contribution in [0.1, 0.15) is 12.8 Å². The molecule has 1 aliphatic carbocycles. The lowest BCUT2D eigenvalue weighted by atomic mass is 9.96. The molecule has 3 aromatic heterocycles. The summed E-state index contributed by atoms with van der Waals surface area (Å²) >= 11 is 0. The van der Waals surface area contributed by atoms with Gasteiger partial charge in [0.05, 0.1) is 27.8 Å². The highest BCUT2D eigenvalue weighted by Gasteiger charge is 2.24. The molecular formula is C48H32N4. The van der Waals surface area contributed by atoms with Crippen LogP contribution in [-0.2, 0) is 0 Å². The summed E-state index contributed by atoms with van der Waals surface area (Å²) in [4.78, 5) is 10.9. The maximum absolute atomic E-state index is 5.53. The molecule has 0 saturated heterocycles. The van der Waals surface area contributed by atoms with E-state index in [2.05, 4.69) is 179 Å². The summed E-state index contributed by atoms with van der Waals surface area (Å²) in [5, 5.41) is 9.53. The third-order valence-electron chi connectivity index (χ3n) is 10.8. The van der Waals surface area contributed by atoms with Crippen molar-refractivity contribution in [3.63, 3.8) is 0 Å². The molecule has 10 aromatic rings. The quantitative estimate of drug-likeness (QED) is 0.176. The van der Waals surface area contributed by atoms with Crippen molar-refractivity contribution >= 4 is 70.9 Å². The zero-order valence-electron chi connectivity index (χ0n) is 28.4. The summed E-state index contributed by atoms with van der Waals surface area (Å²) in [6, 6.07) is 52.2. The zero-order chi connectivity index (χ0) is 34.2. The van der Waals surface area contributed by atoms with Gasteiger partial charge in [-0.15, -0.1) is 0 Å². The Labute approximate surface area is 300 Å². The molecule has 244 valence electrons. The minimum absolute atomic E-state index is 0.668. The van der Waals surface area contributed by atoms with Crippen molar-refractivity contribution in [1.82, 2.24) is 19.1 Å². The van der Waals surface area contributed by atoms with Gasteiger partial charge in [-0.1, -0.05) is 140 Å². The summed E-state index contributed by atoms with van der Waals surface area (Å²) in [5.41, 5.74) is 10.0. The first-order chi connectivity index (χ1) is 25.8. The Morgan fingerprint density at radius 1 is 0.481 bits per heavy atom. The van der Waals surface area contributed by atoms with Crippen LogP contribution < -0.4 is 0 Å². The van der Waals surface area contributed by atoms with E-state index in [4.69, 9.17) is 9.97 Å². The molecule has 52 heavy (non-hydrogen) atoms. The maximum atomic E-state index is 5.53. The molecule has 0 fully saturated rings. The van der Waals surface area contributed by atoms with E-state index in [-0.39, 0.29) is 0 Å². The van der Waals surface area contributed by atoms with Gasteiger partial charge >= 0.3 is 0 Å². The van der Waals surface area contributed by atoms with Crippen LogP contribution in [-0.4, -0.2) is 19.1 Å². The lowest BCUT2D eigenvalue weighted by Gasteiger charge is -2.14. The number of hydrogen-bond acceptors (Lipinski definition) is 2. The van der Waals surface area contributed by atoms with E-state index in [0.717, 1.165) is 46.0 Å². The third kappa shape index (κ3) is 4.28. The van der Waals surface area contributed by atoms with Gasteiger partial charge in [-0.2, -0.15) is 0 Å². The summed E-state index contributed by atoms with van der Waals surface area (Å²) in [6.07, 6.45) is 10.9. The Hall–Kier alpha value is -6.78. The number of para-hydroxylation sites is 1. The lowest BCUT2D eigenvalue weighted by molar-refractivity contribution is 0.964. The summed E-state index contributed by atoms with van der Waals surface area (Å²) in [5.74, 6) is 0.668. The maximum Gasteiger partial charge on any atom is 0.235 e. The van der Waals surface area contributed by atoms with Gasteiger partial charge in [0.1, 0.15) is 0 Å². The van der Waals surface area contributed by atoms with Gasteiger partial charge in [0, 0.05) is 44.4 Å². The highest BCUT2D eigenvalue weighted by Crippen LogP contribution is 2.45. The number of allylic oxidation sites excluding steroid dienone is 4. The highest BCUT2D eigenvalue weighted by molar-refractivity contribution is 6.34. The van der Waals surface area contributed by atoms with Gasteiger partial charge in [0.2, 0.25) is 5.95 Å². The molecule has 0 unspecified atom stereocenters. The summed E-state index contributed by atoms with van der Waals surface area (Å²) in [6.45, 7) is 0. The Morgan fingerprint density at radius 3 is 1.94 bits per heavy atom. The van der Waals surface area contributed by atoms with E-state index in [9.17, 15) is 0 Å². The third-order valence-corrected chi connectivity index (χ3v) is 10.8. The normalized spacial score (nSPS) is 13.3. The summed E-state index contributed by atoms with van der Waals surface area (Å²) < 4.78 is 4.72. The second-order valence-corrected chi connectivity index (χ2v) is 13.7. The topological polar surface area (TPSA) is 35.6 Å². The molecule has 7 aromatic carbocycles. The molecule has 0 spiro atoms. The lowest BCUT2D eigenvalue weighted by Crippen LogP contribution is -2.04. The van der Waals surface area contributed by atoms with Crippen LogP contribution in [0.5, 0.6) is 0 Å². The fourth-order valence-corrected chi connectivity index (χ4v) is 8.46. The summed E-state index contributed by atoms with van der Waals surface area (Å²) in [7, 11) is 0. The Balaban J connectivity index is 1.27. The number of benzene rings is 7. The van der Waals surface area contributed by atoms with Crippen LogP contribution in [0.25, 0.3) is 99.2 Å².